The van der Waals surface area contributed by atoms with Crippen LogP contribution in [0.5, 0.6) is 0 Å². The van der Waals surface area contributed by atoms with Crippen molar-refractivity contribution in [3.63, 3.8) is 0 Å². The quantitative estimate of drug-likeness (QED) is 0.695. The first-order valence-corrected chi connectivity index (χ1v) is 4.31. The van der Waals surface area contributed by atoms with Gasteiger partial charge in [0.25, 0.3) is 0 Å². The van der Waals surface area contributed by atoms with Gasteiger partial charge in [-0.25, -0.2) is 0 Å². The highest BCUT2D eigenvalue weighted by atomic mass is 19.4. The summed E-state index contributed by atoms with van der Waals surface area (Å²) in [6.07, 6.45) is -1.10. The van der Waals surface area contributed by atoms with Crippen molar-refractivity contribution in [1.29, 1.82) is 0 Å². The largest absolute Gasteiger partial charge is 0.390 e. The van der Waals surface area contributed by atoms with Crippen molar-refractivity contribution in [1.82, 2.24) is 0 Å². The third-order valence-electron chi connectivity index (χ3n) is 2.47. The van der Waals surface area contributed by atoms with Crippen LogP contribution in [0.3, 0.4) is 0 Å². The predicted molar refractivity (Wildman–Crippen MR) is 40.6 cm³/mol. The van der Waals surface area contributed by atoms with Crippen molar-refractivity contribution < 1.29 is 13.2 Å². The maximum atomic E-state index is 11.9. The van der Waals surface area contributed by atoms with Crippen molar-refractivity contribution in [3.05, 3.63) is 0 Å². The summed E-state index contributed by atoms with van der Waals surface area (Å²) < 4.78 is 35.6. The van der Waals surface area contributed by atoms with Gasteiger partial charge in [0.05, 0.1) is 6.42 Å². The Kier molecular flexibility index (Phi) is 2.99. The van der Waals surface area contributed by atoms with Crippen LogP contribution < -0.4 is 5.73 Å². The highest BCUT2D eigenvalue weighted by Gasteiger charge is 2.34. The third kappa shape index (κ3) is 3.01. The Labute approximate surface area is 70.1 Å². The van der Waals surface area contributed by atoms with Crippen molar-refractivity contribution in [2.24, 2.45) is 11.7 Å². The Morgan fingerprint density at radius 2 is 1.75 bits per heavy atom. The maximum Gasteiger partial charge on any atom is 0.390 e. The Morgan fingerprint density at radius 1 is 1.25 bits per heavy atom. The van der Waals surface area contributed by atoms with Crippen LogP contribution in [0.2, 0.25) is 0 Å². The Balaban J connectivity index is 2.31. The molecule has 72 valence electrons. The zero-order chi connectivity index (χ0) is 9.19. The molecule has 0 aromatic carbocycles. The normalized spacial score (nSPS) is 23.0. The van der Waals surface area contributed by atoms with E-state index in [2.05, 4.69) is 0 Å². The van der Waals surface area contributed by atoms with Gasteiger partial charge in [-0.3, -0.25) is 0 Å². The molecule has 2 N–H and O–H groups in total. The average molecular weight is 181 g/mol. The molecule has 0 aromatic rings. The van der Waals surface area contributed by atoms with Gasteiger partial charge in [-0.15, -0.1) is 0 Å². The highest BCUT2D eigenvalue weighted by Crippen LogP contribution is 2.32. The lowest BCUT2D eigenvalue weighted by Gasteiger charge is -2.19. The fraction of sp³-hybridized carbons (Fsp3) is 1.00. The lowest BCUT2D eigenvalue weighted by Crippen LogP contribution is -2.33. The molecule has 1 fully saturated rings. The number of rotatable bonds is 2. The van der Waals surface area contributed by atoms with Crippen molar-refractivity contribution in [3.8, 4) is 0 Å². The molecule has 0 unspecified atom stereocenters. The number of hydrogen-bond acceptors (Lipinski definition) is 1. The SMILES string of the molecule is N[C@@H](CC(F)(F)F)C1CCCC1. The monoisotopic (exact) mass is 181 g/mol. The summed E-state index contributed by atoms with van der Waals surface area (Å²) >= 11 is 0. The van der Waals surface area contributed by atoms with E-state index in [0.29, 0.717) is 0 Å². The molecule has 1 saturated carbocycles. The molecule has 1 aliphatic carbocycles. The fourth-order valence-corrected chi connectivity index (χ4v) is 1.82. The maximum absolute atomic E-state index is 11.9. The molecule has 0 heterocycles. The first-order valence-electron chi connectivity index (χ1n) is 4.31. The molecule has 1 nitrogen and oxygen atoms in total. The Morgan fingerprint density at radius 3 is 2.17 bits per heavy atom. The van der Waals surface area contributed by atoms with Gasteiger partial charge in [-0.1, -0.05) is 12.8 Å². The summed E-state index contributed by atoms with van der Waals surface area (Å²) in [6.45, 7) is 0. The minimum atomic E-state index is -4.10. The van der Waals surface area contributed by atoms with Crippen LogP contribution in [0.4, 0.5) is 13.2 Å². The first kappa shape index (κ1) is 9.84. The molecule has 4 heteroatoms. The van der Waals surface area contributed by atoms with Gasteiger partial charge in [0.2, 0.25) is 0 Å². The number of alkyl halides is 3. The second-order valence-electron chi connectivity index (χ2n) is 3.53. The summed E-state index contributed by atoms with van der Waals surface area (Å²) in [5, 5.41) is 0. The van der Waals surface area contributed by atoms with Crippen LogP contribution in [0.1, 0.15) is 32.1 Å². The molecule has 1 atom stereocenters. The third-order valence-corrected chi connectivity index (χ3v) is 2.47. The lowest BCUT2D eigenvalue weighted by atomic mass is 9.96. The summed E-state index contributed by atoms with van der Waals surface area (Å²) in [5.74, 6) is 0.103. The molecule has 12 heavy (non-hydrogen) atoms. The predicted octanol–water partition coefficient (Wildman–Crippen LogP) is 2.46. The molecule has 0 aromatic heterocycles. The summed E-state index contributed by atoms with van der Waals surface area (Å²) in [4.78, 5) is 0. The summed E-state index contributed by atoms with van der Waals surface area (Å²) in [6, 6.07) is -0.674. The van der Waals surface area contributed by atoms with Gasteiger partial charge in [0.15, 0.2) is 0 Å². The molecule has 0 amide bonds. The molecule has 1 aliphatic rings. The zero-order valence-electron chi connectivity index (χ0n) is 6.90. The average Bonchev–Trinajstić information content (AvgIpc) is 2.32. The van der Waals surface area contributed by atoms with Gasteiger partial charge in [-0.05, 0) is 18.8 Å². The van der Waals surface area contributed by atoms with Gasteiger partial charge in [0.1, 0.15) is 0 Å². The molecule has 1 rings (SSSR count). The van der Waals surface area contributed by atoms with E-state index in [1.54, 1.807) is 0 Å². The van der Waals surface area contributed by atoms with E-state index in [1.165, 1.54) is 0 Å². The van der Waals surface area contributed by atoms with Gasteiger partial charge < -0.3 is 5.73 Å². The van der Waals surface area contributed by atoms with Crippen molar-refractivity contribution >= 4 is 0 Å². The summed E-state index contributed by atoms with van der Waals surface area (Å²) in [7, 11) is 0. The summed E-state index contributed by atoms with van der Waals surface area (Å²) in [5.41, 5.74) is 5.45. The zero-order valence-corrected chi connectivity index (χ0v) is 6.90. The number of halogens is 3. The lowest BCUT2D eigenvalue weighted by molar-refractivity contribution is -0.140. The minimum absolute atomic E-state index is 0.103. The topological polar surface area (TPSA) is 26.0 Å². The van der Waals surface area contributed by atoms with E-state index in [1.807, 2.05) is 0 Å². The Bertz CT molecular complexity index is 138. The Hall–Kier alpha value is -0.250. The molecule has 0 spiro atoms. The van der Waals surface area contributed by atoms with Crippen LogP contribution in [-0.2, 0) is 0 Å². The minimum Gasteiger partial charge on any atom is -0.327 e. The highest BCUT2D eigenvalue weighted by molar-refractivity contribution is 4.79. The van der Waals surface area contributed by atoms with Gasteiger partial charge in [0, 0.05) is 6.04 Å². The molecule has 0 saturated heterocycles. The molecular weight excluding hydrogens is 167 g/mol. The smallest absolute Gasteiger partial charge is 0.327 e. The van der Waals surface area contributed by atoms with Crippen LogP contribution in [0.15, 0.2) is 0 Å². The van der Waals surface area contributed by atoms with Crippen LogP contribution in [0.25, 0.3) is 0 Å². The van der Waals surface area contributed by atoms with E-state index < -0.39 is 18.6 Å². The van der Waals surface area contributed by atoms with E-state index in [4.69, 9.17) is 5.73 Å². The molecule has 0 bridgehead atoms. The number of hydrogen-bond donors (Lipinski definition) is 1. The molecule has 0 radical (unpaired) electrons. The number of nitrogens with two attached hydrogens (primary N) is 1. The van der Waals surface area contributed by atoms with Crippen LogP contribution in [0, 0.1) is 5.92 Å². The molecule has 0 aliphatic heterocycles. The second kappa shape index (κ2) is 3.64. The van der Waals surface area contributed by atoms with Gasteiger partial charge in [-0.2, -0.15) is 13.2 Å². The second-order valence-corrected chi connectivity index (χ2v) is 3.53. The molecular formula is C8H14F3N. The van der Waals surface area contributed by atoms with E-state index >= 15 is 0 Å². The van der Waals surface area contributed by atoms with E-state index in [0.717, 1.165) is 25.7 Å². The van der Waals surface area contributed by atoms with Gasteiger partial charge >= 0.3 is 6.18 Å². The van der Waals surface area contributed by atoms with Crippen LogP contribution in [-0.4, -0.2) is 12.2 Å². The fourth-order valence-electron chi connectivity index (χ4n) is 1.82. The van der Waals surface area contributed by atoms with Crippen LogP contribution >= 0.6 is 0 Å². The van der Waals surface area contributed by atoms with E-state index in [-0.39, 0.29) is 5.92 Å². The van der Waals surface area contributed by atoms with E-state index in [9.17, 15) is 13.2 Å². The standard InChI is InChI=1S/C8H14F3N/c9-8(10,11)5-7(12)6-3-1-2-4-6/h6-7H,1-5,12H2/t7-/m0/s1. The first-order chi connectivity index (χ1) is 5.49. The van der Waals surface area contributed by atoms with Crippen molar-refractivity contribution in [2.45, 2.75) is 44.3 Å². The van der Waals surface area contributed by atoms with Crippen molar-refractivity contribution in [2.75, 3.05) is 0 Å².